The molecule has 0 saturated carbocycles. The Labute approximate surface area is 125 Å². The minimum atomic E-state index is 0.525. The molecular weight excluding hydrogens is 324 g/mol. The third-order valence-electron chi connectivity index (χ3n) is 2.64. The lowest BCUT2D eigenvalue weighted by atomic mass is 10.2. The summed E-state index contributed by atoms with van der Waals surface area (Å²) in [6, 6.07) is 7.94. The first-order valence-electron chi connectivity index (χ1n) is 6.17. The molecule has 0 amide bonds. The van der Waals surface area contributed by atoms with E-state index in [1.54, 1.807) is 10.9 Å². The largest absolute Gasteiger partial charge is 0.250 e. The molecule has 19 heavy (non-hydrogen) atoms. The summed E-state index contributed by atoms with van der Waals surface area (Å²) >= 11 is 8.62. The molecule has 0 aliphatic carbocycles. The minimum absolute atomic E-state index is 0.525. The Morgan fingerprint density at radius 2 is 2.37 bits per heavy atom. The first-order chi connectivity index (χ1) is 9.20. The smallest absolute Gasteiger partial charge is 0.216 e. The number of halogens is 1. The topological polar surface area (TPSA) is 46.0 Å². The van der Waals surface area contributed by atoms with E-state index in [4.69, 9.17) is 12.2 Å². The highest BCUT2D eigenvalue weighted by atomic mass is 79.9. The number of hydrogen-bond acceptors (Lipinski definition) is 3. The molecule has 2 aromatic rings. The highest BCUT2D eigenvalue weighted by Crippen LogP contribution is 2.10. The maximum atomic E-state index is 5.19. The van der Waals surface area contributed by atoms with Crippen molar-refractivity contribution in [2.24, 2.45) is 5.10 Å². The zero-order valence-electron chi connectivity index (χ0n) is 10.6. The number of unbranched alkanes of at least 4 members (excludes halogenated alkanes) is 1. The van der Waals surface area contributed by atoms with E-state index in [1.165, 1.54) is 0 Å². The molecule has 0 aliphatic heterocycles. The molecule has 6 heteroatoms. The standard InChI is InChI=1S/C13H15BrN4S/c1-2-3-7-12-16-17-13(19)18(12)15-9-10-5-4-6-11(14)8-10/h4-6,8-9H,2-3,7H2,1H3,(H,17,19)/b15-9-. The fourth-order valence-corrected chi connectivity index (χ4v) is 2.27. The zero-order valence-corrected chi connectivity index (χ0v) is 13.0. The first kappa shape index (κ1) is 14.1. The van der Waals surface area contributed by atoms with Crippen LogP contribution in [-0.4, -0.2) is 21.1 Å². The molecule has 0 unspecified atom stereocenters. The Morgan fingerprint density at radius 3 is 3.11 bits per heavy atom. The fraction of sp³-hybridized carbons (Fsp3) is 0.308. The molecule has 1 aromatic carbocycles. The van der Waals surface area contributed by atoms with E-state index in [2.05, 4.69) is 38.2 Å². The van der Waals surface area contributed by atoms with Crippen LogP contribution in [0.4, 0.5) is 0 Å². The van der Waals surface area contributed by atoms with Gasteiger partial charge in [-0.2, -0.15) is 14.9 Å². The molecule has 0 radical (unpaired) electrons. The van der Waals surface area contributed by atoms with E-state index < -0.39 is 0 Å². The maximum absolute atomic E-state index is 5.19. The number of hydrogen-bond donors (Lipinski definition) is 1. The van der Waals surface area contributed by atoms with Gasteiger partial charge in [0.05, 0.1) is 6.21 Å². The van der Waals surface area contributed by atoms with Crippen LogP contribution in [0.2, 0.25) is 0 Å². The van der Waals surface area contributed by atoms with Crippen LogP contribution in [0, 0.1) is 4.77 Å². The summed E-state index contributed by atoms with van der Waals surface area (Å²) in [5.74, 6) is 0.873. The molecule has 0 saturated heterocycles. The third kappa shape index (κ3) is 3.84. The number of rotatable bonds is 5. The van der Waals surface area contributed by atoms with E-state index in [0.717, 1.165) is 35.1 Å². The minimum Gasteiger partial charge on any atom is -0.250 e. The van der Waals surface area contributed by atoms with Crippen molar-refractivity contribution in [2.75, 3.05) is 0 Å². The van der Waals surface area contributed by atoms with Gasteiger partial charge in [-0.1, -0.05) is 41.4 Å². The lowest BCUT2D eigenvalue weighted by Crippen LogP contribution is -1.99. The molecule has 0 spiro atoms. The second-order valence-corrected chi connectivity index (χ2v) is 5.46. The summed E-state index contributed by atoms with van der Waals surface area (Å²) in [6.45, 7) is 2.15. The van der Waals surface area contributed by atoms with Crippen molar-refractivity contribution in [1.82, 2.24) is 14.9 Å². The second-order valence-electron chi connectivity index (χ2n) is 4.16. The Hall–Kier alpha value is -1.27. The molecular formula is C13H15BrN4S. The highest BCUT2D eigenvalue weighted by molar-refractivity contribution is 9.10. The van der Waals surface area contributed by atoms with Crippen LogP contribution >= 0.6 is 28.1 Å². The molecule has 2 rings (SSSR count). The van der Waals surface area contributed by atoms with Crippen LogP contribution in [0.1, 0.15) is 31.2 Å². The van der Waals surface area contributed by atoms with E-state index >= 15 is 0 Å². The lowest BCUT2D eigenvalue weighted by Gasteiger charge is -1.99. The Balaban J connectivity index is 2.23. The number of aryl methyl sites for hydroxylation is 1. The molecule has 1 N–H and O–H groups in total. The van der Waals surface area contributed by atoms with Crippen LogP contribution in [0.25, 0.3) is 0 Å². The molecule has 0 aliphatic rings. The molecule has 0 fully saturated rings. The summed E-state index contributed by atoms with van der Waals surface area (Å²) in [6.07, 6.45) is 4.85. The molecule has 100 valence electrons. The lowest BCUT2D eigenvalue weighted by molar-refractivity contribution is 0.700. The monoisotopic (exact) mass is 338 g/mol. The molecule has 1 heterocycles. The van der Waals surface area contributed by atoms with Crippen LogP contribution < -0.4 is 0 Å². The number of nitrogens with zero attached hydrogens (tertiary/aromatic N) is 3. The van der Waals surface area contributed by atoms with Crippen LogP contribution in [-0.2, 0) is 6.42 Å². The van der Waals surface area contributed by atoms with Gasteiger partial charge >= 0.3 is 0 Å². The van der Waals surface area contributed by atoms with Crippen LogP contribution in [0.5, 0.6) is 0 Å². The normalized spacial score (nSPS) is 11.3. The van der Waals surface area contributed by atoms with Gasteiger partial charge in [-0.15, -0.1) is 0 Å². The summed E-state index contributed by atoms with van der Waals surface area (Å²) < 4.78 is 3.24. The zero-order chi connectivity index (χ0) is 13.7. The second kappa shape index (κ2) is 6.77. The van der Waals surface area contributed by atoms with Crippen molar-refractivity contribution < 1.29 is 0 Å². The summed E-state index contributed by atoms with van der Waals surface area (Å²) in [5.41, 5.74) is 1.01. The van der Waals surface area contributed by atoms with E-state index in [1.807, 2.05) is 24.3 Å². The number of H-pyrrole nitrogens is 1. The average molecular weight is 339 g/mol. The van der Waals surface area contributed by atoms with E-state index in [9.17, 15) is 0 Å². The Morgan fingerprint density at radius 1 is 1.53 bits per heavy atom. The molecule has 0 bridgehead atoms. The van der Waals surface area contributed by atoms with Gasteiger partial charge in [-0.25, -0.2) is 0 Å². The van der Waals surface area contributed by atoms with Gasteiger partial charge in [0, 0.05) is 10.9 Å². The van der Waals surface area contributed by atoms with Gasteiger partial charge in [0.25, 0.3) is 0 Å². The van der Waals surface area contributed by atoms with Gasteiger partial charge in [0.1, 0.15) is 0 Å². The Bertz CT molecular complexity index is 630. The molecule has 0 atom stereocenters. The van der Waals surface area contributed by atoms with Crippen molar-refractivity contribution in [3.05, 3.63) is 44.9 Å². The average Bonchev–Trinajstić information content (AvgIpc) is 2.75. The van der Waals surface area contributed by atoms with Gasteiger partial charge in [0.2, 0.25) is 4.77 Å². The molecule has 4 nitrogen and oxygen atoms in total. The van der Waals surface area contributed by atoms with Crippen LogP contribution in [0.15, 0.2) is 33.8 Å². The van der Waals surface area contributed by atoms with E-state index in [-0.39, 0.29) is 0 Å². The predicted octanol–water partition coefficient (Wildman–Crippen LogP) is 3.93. The fourth-order valence-electron chi connectivity index (χ4n) is 1.65. The number of aromatic amines is 1. The van der Waals surface area contributed by atoms with Gasteiger partial charge in [-0.3, -0.25) is 5.10 Å². The quantitative estimate of drug-likeness (QED) is 0.663. The van der Waals surface area contributed by atoms with Crippen molar-refractivity contribution in [2.45, 2.75) is 26.2 Å². The van der Waals surface area contributed by atoms with Crippen molar-refractivity contribution >= 4 is 34.4 Å². The summed E-state index contributed by atoms with van der Waals surface area (Å²) in [4.78, 5) is 0. The summed E-state index contributed by atoms with van der Waals surface area (Å²) in [7, 11) is 0. The number of nitrogens with one attached hydrogen (secondary N) is 1. The number of benzene rings is 1. The maximum Gasteiger partial charge on any atom is 0.216 e. The van der Waals surface area contributed by atoms with Crippen molar-refractivity contribution in [3.63, 3.8) is 0 Å². The third-order valence-corrected chi connectivity index (χ3v) is 3.40. The van der Waals surface area contributed by atoms with E-state index in [0.29, 0.717) is 4.77 Å². The summed E-state index contributed by atoms with van der Waals surface area (Å²) in [5, 5.41) is 11.4. The Kier molecular flexibility index (Phi) is 5.04. The van der Waals surface area contributed by atoms with Gasteiger partial charge in [0.15, 0.2) is 5.82 Å². The highest BCUT2D eigenvalue weighted by Gasteiger charge is 2.03. The van der Waals surface area contributed by atoms with Crippen molar-refractivity contribution in [3.8, 4) is 0 Å². The van der Waals surface area contributed by atoms with Crippen LogP contribution in [0.3, 0.4) is 0 Å². The predicted molar refractivity (Wildman–Crippen MR) is 83.2 cm³/mol. The van der Waals surface area contributed by atoms with Crippen molar-refractivity contribution in [1.29, 1.82) is 0 Å². The first-order valence-corrected chi connectivity index (χ1v) is 7.37. The van der Waals surface area contributed by atoms with Gasteiger partial charge < -0.3 is 0 Å². The van der Waals surface area contributed by atoms with Gasteiger partial charge in [-0.05, 0) is 36.3 Å². The molecule has 1 aromatic heterocycles. The number of aromatic nitrogens is 3. The SMILES string of the molecule is CCCCc1n[nH]c(=S)n1/N=C\c1cccc(Br)c1.